The van der Waals surface area contributed by atoms with E-state index in [4.69, 9.17) is 0 Å². The van der Waals surface area contributed by atoms with E-state index in [9.17, 15) is 0 Å². The zero-order valence-electron chi connectivity index (χ0n) is 39.0. The first-order valence-electron chi connectivity index (χ1n) is 24.3. The molecule has 0 N–H and O–H groups in total. The molecule has 326 valence electrons. The van der Waals surface area contributed by atoms with Crippen molar-refractivity contribution in [2.24, 2.45) is 5.92 Å². The lowest BCUT2D eigenvalue weighted by Crippen LogP contribution is -2.39. The Morgan fingerprint density at radius 1 is 0.597 bits per heavy atom. The summed E-state index contributed by atoms with van der Waals surface area (Å²) in [7, 11) is 0. The van der Waals surface area contributed by atoms with E-state index in [2.05, 4.69) is 238 Å². The third-order valence-corrected chi connectivity index (χ3v) is 15.3. The first kappa shape index (κ1) is 41.0. The minimum absolute atomic E-state index is 0.142. The zero-order valence-corrected chi connectivity index (χ0v) is 39.0. The van der Waals surface area contributed by atoms with E-state index in [1.165, 1.54) is 94.4 Å². The second-order valence-electron chi connectivity index (χ2n) is 19.5. The average molecular weight is 865 g/mol. The van der Waals surface area contributed by atoms with E-state index < -0.39 is 5.41 Å². The monoisotopic (exact) mass is 864 g/mol. The standard InChI is InChI=1S/C65H56N2/c1-6-18-44(42(2)3)37-38-66(46-19-9-7-10-20-46)49-33-35-53-54-36-34-50(67(47-21-11-8-12-22-47)48-31-29-45(30-32-48)43(4)5)40-61(54)65(60(53)39-49)59-28-16-15-25-56(59)64-57-27-17-26-55-51-23-13-14-24-52(51)58(63(55)57)41-62(64)65/h6-36,40-43,49H,1,37-39H2,2-5H3/b44-18+. The highest BCUT2D eigenvalue weighted by molar-refractivity contribution is 6.21. The highest BCUT2D eigenvalue weighted by Crippen LogP contribution is 2.67. The molecule has 0 heterocycles. The number of allylic oxidation sites excluding steroid dienone is 4. The molecule has 0 saturated heterocycles. The van der Waals surface area contributed by atoms with Gasteiger partial charge in [0.05, 0.1) is 11.5 Å². The number of nitrogens with zero attached hydrogens (tertiary/aromatic N) is 2. The van der Waals surface area contributed by atoms with Gasteiger partial charge in [0, 0.05) is 29.3 Å². The highest BCUT2D eigenvalue weighted by Gasteiger charge is 2.55. The summed E-state index contributed by atoms with van der Waals surface area (Å²) >= 11 is 0. The molecule has 4 aliphatic rings. The van der Waals surface area contributed by atoms with Crippen molar-refractivity contribution in [1.29, 1.82) is 0 Å². The summed E-state index contributed by atoms with van der Waals surface area (Å²) < 4.78 is 0. The maximum atomic E-state index is 4.09. The molecule has 0 fully saturated rings. The molecule has 0 amide bonds. The topological polar surface area (TPSA) is 6.48 Å². The molecule has 2 unspecified atom stereocenters. The average Bonchev–Trinajstić information content (AvgIpc) is 3.96. The molecular weight excluding hydrogens is 809 g/mol. The van der Waals surface area contributed by atoms with Crippen LogP contribution in [-0.2, 0) is 5.41 Å². The molecule has 12 rings (SSSR count). The van der Waals surface area contributed by atoms with Gasteiger partial charge in [-0.25, -0.2) is 0 Å². The molecule has 0 radical (unpaired) electrons. The van der Waals surface area contributed by atoms with Gasteiger partial charge in [-0.15, -0.1) is 0 Å². The number of anilines is 4. The molecule has 8 aromatic rings. The number of hydrogen-bond acceptors (Lipinski definition) is 2. The van der Waals surface area contributed by atoms with E-state index in [1.54, 1.807) is 0 Å². The minimum Gasteiger partial charge on any atom is -0.364 e. The molecule has 2 atom stereocenters. The van der Waals surface area contributed by atoms with Gasteiger partial charge in [0.15, 0.2) is 0 Å². The normalized spacial score (nSPS) is 17.2. The van der Waals surface area contributed by atoms with E-state index in [0.29, 0.717) is 11.8 Å². The Balaban J connectivity index is 1.11. The predicted molar refractivity (Wildman–Crippen MR) is 285 cm³/mol. The smallest absolute Gasteiger partial charge is 0.0690 e. The number of rotatable bonds is 11. The lowest BCUT2D eigenvalue weighted by molar-refractivity contribution is 0.609. The van der Waals surface area contributed by atoms with Crippen LogP contribution in [0, 0.1) is 5.92 Å². The molecule has 0 aliphatic heterocycles. The fraction of sp³-hybridized carbons (Fsp3) is 0.169. The van der Waals surface area contributed by atoms with Gasteiger partial charge in [0.1, 0.15) is 0 Å². The van der Waals surface area contributed by atoms with Gasteiger partial charge in [-0.05, 0) is 162 Å². The summed E-state index contributed by atoms with van der Waals surface area (Å²) in [4.78, 5) is 5.13. The van der Waals surface area contributed by atoms with E-state index >= 15 is 0 Å². The summed E-state index contributed by atoms with van der Waals surface area (Å²) in [5.41, 5.74) is 23.3. The maximum absolute atomic E-state index is 4.09. The number of fused-ring (bicyclic) bond motifs is 13. The van der Waals surface area contributed by atoms with E-state index in [0.717, 1.165) is 36.4 Å². The third kappa shape index (κ3) is 6.30. The summed E-state index contributed by atoms with van der Waals surface area (Å²) in [6, 6.07) is 66.8. The first-order valence-corrected chi connectivity index (χ1v) is 24.3. The predicted octanol–water partition coefficient (Wildman–Crippen LogP) is 17.2. The summed E-state index contributed by atoms with van der Waals surface area (Å²) in [6.07, 6.45) is 11.0. The van der Waals surface area contributed by atoms with Crippen LogP contribution in [-0.4, -0.2) is 12.6 Å². The van der Waals surface area contributed by atoms with Gasteiger partial charge in [-0.1, -0.05) is 185 Å². The molecule has 2 nitrogen and oxygen atoms in total. The quantitative estimate of drug-likeness (QED) is 0.120. The van der Waals surface area contributed by atoms with Crippen LogP contribution < -0.4 is 9.80 Å². The second-order valence-corrected chi connectivity index (χ2v) is 19.5. The van der Waals surface area contributed by atoms with Gasteiger partial charge < -0.3 is 9.80 Å². The van der Waals surface area contributed by atoms with Crippen LogP contribution in [0.15, 0.2) is 218 Å². The number of hydrogen-bond donors (Lipinski definition) is 0. The molecule has 0 bridgehead atoms. The van der Waals surface area contributed by atoms with Crippen LogP contribution in [0.1, 0.15) is 74.3 Å². The third-order valence-electron chi connectivity index (χ3n) is 15.3. The van der Waals surface area contributed by atoms with Gasteiger partial charge in [-0.3, -0.25) is 0 Å². The maximum Gasteiger partial charge on any atom is 0.0690 e. The van der Waals surface area contributed by atoms with Crippen molar-refractivity contribution in [3.8, 4) is 33.4 Å². The van der Waals surface area contributed by atoms with E-state index in [-0.39, 0.29) is 6.04 Å². The summed E-state index contributed by atoms with van der Waals surface area (Å²) in [5.74, 6) is 0.899. The Morgan fingerprint density at radius 2 is 1.24 bits per heavy atom. The Kier molecular flexibility index (Phi) is 9.91. The van der Waals surface area contributed by atoms with Crippen molar-refractivity contribution in [2.45, 2.75) is 57.9 Å². The fourth-order valence-corrected chi connectivity index (χ4v) is 12.2. The van der Waals surface area contributed by atoms with Crippen LogP contribution in [0.2, 0.25) is 0 Å². The van der Waals surface area contributed by atoms with Crippen LogP contribution in [0.25, 0.3) is 49.7 Å². The van der Waals surface area contributed by atoms with E-state index in [1.807, 2.05) is 6.08 Å². The molecule has 4 aliphatic carbocycles. The SMILES string of the molecule is C=C/C=C(\CCN(c1ccccc1)C1C=CC2=C(C1)C1(c3cc(N(c4ccccc4)c4ccc(C(C)C)cc4)ccc32)c2ccccc2-c2c1cc1c3c(cccc23)-c2ccccc2-1)C(C)C. The highest BCUT2D eigenvalue weighted by atomic mass is 15.2. The Bertz CT molecular complexity index is 3350. The molecule has 8 aromatic carbocycles. The van der Waals surface area contributed by atoms with Crippen LogP contribution >= 0.6 is 0 Å². The summed E-state index contributed by atoms with van der Waals surface area (Å²) in [6.45, 7) is 14.1. The van der Waals surface area contributed by atoms with Crippen LogP contribution in [0.4, 0.5) is 22.7 Å². The molecular formula is C65H56N2. The van der Waals surface area contributed by atoms with Gasteiger partial charge in [0.2, 0.25) is 0 Å². The molecule has 2 heteroatoms. The van der Waals surface area contributed by atoms with Gasteiger partial charge >= 0.3 is 0 Å². The lowest BCUT2D eigenvalue weighted by Gasteiger charge is -2.39. The van der Waals surface area contributed by atoms with Crippen molar-refractivity contribution in [3.05, 3.63) is 246 Å². The first-order chi connectivity index (χ1) is 32.9. The Morgan fingerprint density at radius 3 is 1.96 bits per heavy atom. The van der Waals surface area contributed by atoms with Crippen molar-refractivity contribution < 1.29 is 0 Å². The zero-order chi connectivity index (χ0) is 45.4. The molecule has 0 saturated carbocycles. The van der Waals surface area contributed by atoms with Crippen molar-refractivity contribution in [2.75, 3.05) is 16.3 Å². The largest absolute Gasteiger partial charge is 0.364 e. The number of para-hydroxylation sites is 2. The fourth-order valence-electron chi connectivity index (χ4n) is 12.2. The van der Waals surface area contributed by atoms with Crippen LogP contribution in [0.3, 0.4) is 0 Å². The number of benzene rings is 8. The Labute approximate surface area is 396 Å². The van der Waals surface area contributed by atoms with Gasteiger partial charge in [-0.2, -0.15) is 0 Å². The van der Waals surface area contributed by atoms with Gasteiger partial charge in [0.25, 0.3) is 0 Å². The molecule has 0 aromatic heterocycles. The second kappa shape index (κ2) is 16.2. The molecule has 1 spiro atoms. The van der Waals surface area contributed by atoms with Crippen molar-refractivity contribution >= 4 is 39.1 Å². The minimum atomic E-state index is -0.536. The summed E-state index contributed by atoms with van der Waals surface area (Å²) in [5, 5.41) is 2.72. The van der Waals surface area contributed by atoms with Crippen LogP contribution in [0.5, 0.6) is 0 Å². The Hall–Kier alpha value is -7.42. The lowest BCUT2D eigenvalue weighted by atomic mass is 9.67. The van der Waals surface area contributed by atoms with Crippen molar-refractivity contribution in [1.82, 2.24) is 0 Å². The molecule has 67 heavy (non-hydrogen) atoms. The van der Waals surface area contributed by atoms with Crippen molar-refractivity contribution in [3.63, 3.8) is 0 Å².